The number of amides is 1. The summed E-state index contributed by atoms with van der Waals surface area (Å²) in [4.78, 5) is 22.3. The maximum absolute atomic E-state index is 13.2. The van der Waals surface area contributed by atoms with Gasteiger partial charge < -0.3 is 20.0 Å². The van der Waals surface area contributed by atoms with E-state index < -0.39 is 0 Å². The normalized spacial score (nSPS) is 21.9. The van der Waals surface area contributed by atoms with Crippen LogP contribution >= 0.6 is 0 Å². The molecule has 2 aliphatic heterocycles. The van der Waals surface area contributed by atoms with Gasteiger partial charge >= 0.3 is 0 Å². The van der Waals surface area contributed by atoms with Crippen LogP contribution in [0.3, 0.4) is 0 Å². The van der Waals surface area contributed by atoms with Gasteiger partial charge in [-0.05, 0) is 44.7 Å². The van der Waals surface area contributed by atoms with Gasteiger partial charge in [-0.15, -0.1) is 0 Å². The van der Waals surface area contributed by atoms with Crippen LogP contribution in [0.5, 0.6) is 0 Å². The van der Waals surface area contributed by atoms with E-state index in [0.717, 1.165) is 73.7 Å². The van der Waals surface area contributed by atoms with Gasteiger partial charge in [0.15, 0.2) is 11.4 Å². The van der Waals surface area contributed by atoms with Crippen molar-refractivity contribution in [1.82, 2.24) is 19.5 Å². The van der Waals surface area contributed by atoms with Crippen LogP contribution in [0.25, 0.3) is 5.65 Å². The predicted molar refractivity (Wildman–Crippen MR) is 118 cm³/mol. The van der Waals surface area contributed by atoms with Crippen molar-refractivity contribution in [2.45, 2.75) is 58.0 Å². The van der Waals surface area contributed by atoms with Gasteiger partial charge in [0.2, 0.25) is 0 Å². The topological polar surface area (TPSA) is 92.9 Å². The monoisotopic (exact) mass is 422 g/mol. The summed E-state index contributed by atoms with van der Waals surface area (Å²) in [5.74, 6) is 2.16. The fourth-order valence-corrected chi connectivity index (χ4v) is 4.79. The Labute approximate surface area is 182 Å². The molecule has 0 spiro atoms. The highest BCUT2D eigenvalue weighted by molar-refractivity contribution is 5.92. The lowest BCUT2D eigenvalue weighted by molar-refractivity contribution is 0.0571. The number of aromatic nitrogens is 3. The zero-order valence-electron chi connectivity index (χ0n) is 18.3. The summed E-state index contributed by atoms with van der Waals surface area (Å²) in [5.41, 5.74) is 8.87. The van der Waals surface area contributed by atoms with Gasteiger partial charge in [-0.3, -0.25) is 4.79 Å². The molecule has 5 heterocycles. The Kier molecular flexibility index (Phi) is 5.17. The summed E-state index contributed by atoms with van der Waals surface area (Å²) >= 11 is 0. The highest BCUT2D eigenvalue weighted by Crippen LogP contribution is 2.33. The number of rotatable bonds is 4. The molecule has 0 saturated carbocycles. The van der Waals surface area contributed by atoms with E-state index in [4.69, 9.17) is 20.2 Å². The molecule has 0 aromatic carbocycles. The second-order valence-corrected chi connectivity index (χ2v) is 8.74. The van der Waals surface area contributed by atoms with Gasteiger partial charge in [-0.25, -0.2) is 9.50 Å². The van der Waals surface area contributed by atoms with Crippen molar-refractivity contribution in [3.05, 3.63) is 47.2 Å². The number of nitrogens with two attached hydrogens (primary N) is 1. The number of carbonyl (C=O) groups is 1. The number of hydrogen-bond donors (Lipinski definition) is 1. The molecule has 2 N–H and O–H groups in total. The van der Waals surface area contributed by atoms with Crippen LogP contribution in [0.1, 0.15) is 66.2 Å². The number of aryl methyl sites for hydroxylation is 2. The summed E-state index contributed by atoms with van der Waals surface area (Å²) in [6.45, 7) is 6.56. The van der Waals surface area contributed by atoms with Crippen LogP contribution in [0, 0.1) is 6.92 Å². The highest BCUT2D eigenvalue weighted by atomic mass is 16.4. The summed E-state index contributed by atoms with van der Waals surface area (Å²) in [7, 11) is 0. The highest BCUT2D eigenvalue weighted by Gasteiger charge is 2.32. The Morgan fingerprint density at radius 3 is 2.87 bits per heavy atom. The first-order valence-corrected chi connectivity index (χ1v) is 11.3. The Morgan fingerprint density at radius 1 is 1.26 bits per heavy atom. The summed E-state index contributed by atoms with van der Waals surface area (Å²) in [6.07, 6.45) is 6.75. The van der Waals surface area contributed by atoms with E-state index in [1.807, 2.05) is 34.7 Å². The molecule has 31 heavy (non-hydrogen) atoms. The number of anilines is 1. The molecule has 1 amide bonds. The SMILES string of the molecule is CCc1ccc(C(=O)N2CCCC[C@H]2c2cc3nc(N4CC[C@H](N)C4)c(C)cn3n2)o1. The maximum Gasteiger partial charge on any atom is 0.290 e. The minimum atomic E-state index is -0.0675. The molecular weight excluding hydrogens is 392 g/mol. The smallest absolute Gasteiger partial charge is 0.290 e. The molecule has 0 radical (unpaired) electrons. The van der Waals surface area contributed by atoms with E-state index in [9.17, 15) is 4.79 Å². The number of fused-ring (bicyclic) bond motifs is 1. The van der Waals surface area contributed by atoms with Crippen molar-refractivity contribution in [3.8, 4) is 0 Å². The summed E-state index contributed by atoms with van der Waals surface area (Å²) in [5, 5.41) is 4.81. The molecule has 2 saturated heterocycles. The first-order valence-electron chi connectivity index (χ1n) is 11.3. The van der Waals surface area contributed by atoms with Crippen LogP contribution in [0.4, 0.5) is 5.82 Å². The van der Waals surface area contributed by atoms with Crippen LogP contribution < -0.4 is 10.6 Å². The van der Waals surface area contributed by atoms with E-state index in [1.54, 1.807) is 6.07 Å². The predicted octanol–water partition coefficient (Wildman–Crippen LogP) is 3.10. The maximum atomic E-state index is 13.2. The quantitative estimate of drug-likeness (QED) is 0.695. The molecule has 5 rings (SSSR count). The van der Waals surface area contributed by atoms with Crippen molar-refractivity contribution < 1.29 is 9.21 Å². The number of piperidine rings is 1. The van der Waals surface area contributed by atoms with Crippen molar-refractivity contribution in [3.63, 3.8) is 0 Å². The molecule has 3 aromatic rings. The Morgan fingerprint density at radius 2 is 2.13 bits per heavy atom. The van der Waals surface area contributed by atoms with Gasteiger partial charge in [0.25, 0.3) is 5.91 Å². The second kappa shape index (κ2) is 8.00. The van der Waals surface area contributed by atoms with Crippen molar-refractivity contribution in [2.24, 2.45) is 5.73 Å². The van der Waals surface area contributed by atoms with E-state index >= 15 is 0 Å². The average Bonchev–Trinajstić information content (AvgIpc) is 3.51. The molecule has 164 valence electrons. The van der Waals surface area contributed by atoms with Crippen LogP contribution in [-0.2, 0) is 6.42 Å². The summed E-state index contributed by atoms with van der Waals surface area (Å²) in [6, 6.07) is 5.83. The van der Waals surface area contributed by atoms with Gasteiger partial charge in [-0.1, -0.05) is 6.92 Å². The first kappa shape index (κ1) is 20.1. The minimum absolute atomic E-state index is 0.0580. The second-order valence-electron chi connectivity index (χ2n) is 8.74. The third-order valence-corrected chi connectivity index (χ3v) is 6.47. The molecule has 0 bridgehead atoms. The lowest BCUT2D eigenvalue weighted by Gasteiger charge is -2.34. The van der Waals surface area contributed by atoms with Crippen molar-refractivity contribution in [1.29, 1.82) is 0 Å². The standard InChI is InChI=1S/C23H30N6O2/c1-3-17-7-8-20(31-17)23(30)28-10-5-4-6-19(28)18-12-21-25-22(15(2)13-29(21)26-18)27-11-9-16(24)14-27/h7-8,12-13,16,19H,3-6,9-11,14,24H2,1-2H3/t16-,19-/m0/s1. The largest absolute Gasteiger partial charge is 0.456 e. The van der Waals surface area contributed by atoms with Crippen molar-refractivity contribution in [2.75, 3.05) is 24.5 Å². The third-order valence-electron chi connectivity index (χ3n) is 6.47. The summed E-state index contributed by atoms with van der Waals surface area (Å²) < 4.78 is 7.58. The number of furan rings is 1. The van der Waals surface area contributed by atoms with Crippen LogP contribution in [-0.4, -0.2) is 51.1 Å². The van der Waals surface area contributed by atoms with Crippen LogP contribution in [0.15, 0.2) is 28.8 Å². The number of hydrogen-bond acceptors (Lipinski definition) is 6. The number of nitrogens with zero attached hydrogens (tertiary/aromatic N) is 5. The molecule has 2 fully saturated rings. The van der Waals surface area contributed by atoms with E-state index in [0.29, 0.717) is 12.3 Å². The fourth-order valence-electron chi connectivity index (χ4n) is 4.79. The minimum Gasteiger partial charge on any atom is -0.456 e. The molecular formula is C23H30N6O2. The van der Waals surface area contributed by atoms with Gasteiger partial charge in [0.05, 0.1) is 11.7 Å². The third kappa shape index (κ3) is 3.69. The van der Waals surface area contributed by atoms with Gasteiger partial charge in [-0.2, -0.15) is 5.10 Å². The average molecular weight is 423 g/mol. The molecule has 8 heteroatoms. The van der Waals surface area contributed by atoms with E-state index in [1.165, 1.54) is 0 Å². The number of carbonyl (C=O) groups excluding carboxylic acids is 1. The zero-order chi connectivity index (χ0) is 21.5. The van der Waals surface area contributed by atoms with Gasteiger partial charge in [0, 0.05) is 49.9 Å². The van der Waals surface area contributed by atoms with Gasteiger partial charge in [0.1, 0.15) is 11.6 Å². The molecule has 0 aliphatic carbocycles. The molecule has 2 aliphatic rings. The van der Waals surface area contributed by atoms with Crippen molar-refractivity contribution >= 4 is 17.4 Å². The molecule has 8 nitrogen and oxygen atoms in total. The van der Waals surface area contributed by atoms with E-state index in [-0.39, 0.29) is 18.0 Å². The van der Waals surface area contributed by atoms with Crippen LogP contribution in [0.2, 0.25) is 0 Å². The molecule has 2 atom stereocenters. The fraction of sp³-hybridized carbons (Fsp3) is 0.522. The Hall–Kier alpha value is -2.87. The molecule has 3 aromatic heterocycles. The lowest BCUT2D eigenvalue weighted by atomic mass is 9.99. The number of likely N-dealkylation sites (tertiary alicyclic amines) is 1. The van der Waals surface area contributed by atoms with E-state index in [2.05, 4.69) is 11.8 Å². The zero-order valence-corrected chi connectivity index (χ0v) is 18.3. The lowest BCUT2D eigenvalue weighted by Crippen LogP contribution is -2.38. The first-order chi connectivity index (χ1) is 15.0. The molecule has 0 unspecified atom stereocenters. The Balaban J connectivity index is 1.45. The Bertz CT molecular complexity index is 1100.